The van der Waals surface area contributed by atoms with Crippen molar-refractivity contribution in [3.8, 4) is 0 Å². The molecule has 0 spiro atoms. The monoisotopic (exact) mass is 296 g/mol. The molecule has 0 saturated heterocycles. The molecule has 2 N–H and O–H groups in total. The van der Waals surface area contributed by atoms with Crippen LogP contribution in [0.15, 0.2) is 18.2 Å². The number of thiocarbonyl (C=S) groups is 1. The molecule has 0 radical (unpaired) electrons. The summed E-state index contributed by atoms with van der Waals surface area (Å²) in [5.74, 6) is 0.692. The van der Waals surface area contributed by atoms with E-state index in [-0.39, 0.29) is 0 Å². The molecular weight excluding hydrogens is 276 g/mol. The number of rotatable bonds is 3. The van der Waals surface area contributed by atoms with Gasteiger partial charge in [0.25, 0.3) is 0 Å². The van der Waals surface area contributed by atoms with Gasteiger partial charge in [0.15, 0.2) is 0 Å². The zero-order chi connectivity index (χ0) is 14.0. The van der Waals surface area contributed by atoms with Crippen molar-refractivity contribution in [2.75, 3.05) is 11.9 Å². The van der Waals surface area contributed by atoms with E-state index in [1.165, 1.54) is 25.7 Å². The van der Waals surface area contributed by atoms with Crippen LogP contribution in [0.25, 0.3) is 0 Å². The van der Waals surface area contributed by atoms with Crippen LogP contribution < -0.4 is 10.6 Å². The molecule has 2 unspecified atom stereocenters. The molecule has 1 aromatic rings. The Morgan fingerprint density at radius 1 is 1.37 bits per heavy atom. The molecule has 0 aromatic heterocycles. The van der Waals surface area contributed by atoms with Crippen molar-refractivity contribution in [3.63, 3.8) is 0 Å². The van der Waals surface area contributed by atoms with E-state index in [1.807, 2.05) is 18.2 Å². The topological polar surface area (TPSA) is 29.3 Å². The van der Waals surface area contributed by atoms with Gasteiger partial charge in [0.1, 0.15) is 4.99 Å². The minimum Gasteiger partial charge on any atom is -0.389 e. The van der Waals surface area contributed by atoms with Crippen molar-refractivity contribution in [2.45, 2.75) is 38.6 Å². The van der Waals surface area contributed by atoms with Gasteiger partial charge in [0.05, 0.1) is 0 Å². The maximum absolute atomic E-state index is 6.13. The summed E-state index contributed by atoms with van der Waals surface area (Å²) in [6.07, 6.45) is 5.14. The summed E-state index contributed by atoms with van der Waals surface area (Å²) in [6, 6.07) is 6.28. The Morgan fingerprint density at radius 3 is 2.68 bits per heavy atom. The lowest BCUT2D eigenvalue weighted by molar-refractivity contribution is 0.321. The van der Waals surface area contributed by atoms with Crippen LogP contribution in [0.2, 0.25) is 5.02 Å². The Kier molecular flexibility index (Phi) is 4.69. The summed E-state index contributed by atoms with van der Waals surface area (Å²) < 4.78 is 0. The van der Waals surface area contributed by atoms with Gasteiger partial charge in [-0.05, 0) is 37.0 Å². The molecule has 0 bridgehead atoms. The Balaban J connectivity index is 2.34. The lowest BCUT2D eigenvalue weighted by Gasteiger charge is -2.38. The standard InChI is InChI=1S/C15H21ClN2S/c1-10-5-3-4-6-13(10)18(2)14-9-11(16)7-8-12(14)15(17)19/h7-10,13H,3-6H2,1-2H3,(H2,17,19). The highest BCUT2D eigenvalue weighted by Crippen LogP contribution is 2.33. The highest BCUT2D eigenvalue weighted by atomic mass is 35.5. The lowest BCUT2D eigenvalue weighted by atomic mass is 9.84. The van der Waals surface area contributed by atoms with Gasteiger partial charge in [-0.3, -0.25) is 0 Å². The fraction of sp³-hybridized carbons (Fsp3) is 0.533. The van der Waals surface area contributed by atoms with E-state index < -0.39 is 0 Å². The van der Waals surface area contributed by atoms with Crippen LogP contribution in [-0.2, 0) is 0 Å². The molecule has 0 heterocycles. The Morgan fingerprint density at radius 2 is 2.05 bits per heavy atom. The third-order valence-corrected chi connectivity index (χ3v) is 4.62. The zero-order valence-corrected chi connectivity index (χ0v) is 13.1. The summed E-state index contributed by atoms with van der Waals surface area (Å²) in [5.41, 5.74) is 7.80. The van der Waals surface area contributed by atoms with Crippen LogP contribution in [0.4, 0.5) is 5.69 Å². The quantitative estimate of drug-likeness (QED) is 0.855. The maximum Gasteiger partial charge on any atom is 0.106 e. The summed E-state index contributed by atoms with van der Waals surface area (Å²) in [5, 5.41) is 0.727. The molecule has 104 valence electrons. The van der Waals surface area contributed by atoms with Crippen molar-refractivity contribution in [1.29, 1.82) is 0 Å². The number of hydrogen-bond acceptors (Lipinski definition) is 2. The second kappa shape index (κ2) is 6.10. The molecule has 1 saturated carbocycles. The fourth-order valence-electron chi connectivity index (χ4n) is 3.06. The van der Waals surface area contributed by atoms with Crippen molar-refractivity contribution < 1.29 is 0 Å². The molecule has 1 aliphatic rings. The Hall–Kier alpha value is -0.800. The van der Waals surface area contributed by atoms with Gasteiger partial charge in [0, 0.05) is 29.4 Å². The van der Waals surface area contributed by atoms with Crippen molar-refractivity contribution in [2.24, 2.45) is 11.7 Å². The number of nitrogens with two attached hydrogens (primary N) is 1. The third kappa shape index (κ3) is 3.21. The van der Waals surface area contributed by atoms with Crippen molar-refractivity contribution in [1.82, 2.24) is 0 Å². The SMILES string of the molecule is CC1CCCCC1N(C)c1cc(Cl)ccc1C(N)=S. The van der Waals surface area contributed by atoms with E-state index in [1.54, 1.807) is 0 Å². The van der Waals surface area contributed by atoms with Crippen LogP contribution >= 0.6 is 23.8 Å². The minimum atomic E-state index is 0.432. The summed E-state index contributed by atoms with van der Waals surface area (Å²) in [6.45, 7) is 2.32. The second-order valence-electron chi connectivity index (χ2n) is 5.47. The largest absolute Gasteiger partial charge is 0.389 e. The number of nitrogens with zero attached hydrogens (tertiary/aromatic N) is 1. The van der Waals surface area contributed by atoms with Gasteiger partial charge < -0.3 is 10.6 Å². The van der Waals surface area contributed by atoms with Crippen LogP contribution in [0, 0.1) is 5.92 Å². The van der Waals surface area contributed by atoms with Gasteiger partial charge in [-0.25, -0.2) is 0 Å². The first-order chi connectivity index (χ1) is 9.00. The van der Waals surface area contributed by atoms with E-state index in [9.17, 15) is 0 Å². The van der Waals surface area contributed by atoms with E-state index in [0.29, 0.717) is 16.9 Å². The highest BCUT2D eigenvalue weighted by Gasteiger charge is 2.26. The molecule has 2 atom stereocenters. The van der Waals surface area contributed by atoms with Gasteiger partial charge in [-0.15, -0.1) is 0 Å². The molecule has 0 aliphatic heterocycles. The number of hydrogen-bond donors (Lipinski definition) is 1. The second-order valence-corrected chi connectivity index (χ2v) is 6.34. The average Bonchev–Trinajstić information content (AvgIpc) is 2.38. The average molecular weight is 297 g/mol. The third-order valence-electron chi connectivity index (χ3n) is 4.17. The molecule has 1 aliphatic carbocycles. The minimum absolute atomic E-state index is 0.432. The molecule has 19 heavy (non-hydrogen) atoms. The number of benzene rings is 1. The fourth-order valence-corrected chi connectivity index (χ4v) is 3.39. The van der Waals surface area contributed by atoms with Gasteiger partial charge in [0.2, 0.25) is 0 Å². The molecule has 4 heteroatoms. The van der Waals surface area contributed by atoms with Gasteiger partial charge in [-0.2, -0.15) is 0 Å². The van der Waals surface area contributed by atoms with Gasteiger partial charge in [-0.1, -0.05) is 43.6 Å². The smallest absolute Gasteiger partial charge is 0.106 e. The van der Waals surface area contributed by atoms with E-state index in [4.69, 9.17) is 29.6 Å². The van der Waals surface area contributed by atoms with Crippen LogP contribution in [0.5, 0.6) is 0 Å². The molecule has 1 aromatic carbocycles. The first-order valence-corrected chi connectivity index (χ1v) is 7.61. The first kappa shape index (κ1) is 14.6. The predicted octanol–water partition coefficient (Wildman–Crippen LogP) is 3.99. The molecule has 1 fully saturated rings. The Bertz CT molecular complexity index is 475. The van der Waals surface area contributed by atoms with Crippen molar-refractivity contribution in [3.05, 3.63) is 28.8 Å². The molecule has 0 amide bonds. The molecule has 2 nitrogen and oxygen atoms in total. The van der Waals surface area contributed by atoms with Crippen LogP contribution in [0.3, 0.4) is 0 Å². The summed E-state index contributed by atoms with van der Waals surface area (Å²) >= 11 is 11.3. The maximum atomic E-state index is 6.13. The highest BCUT2D eigenvalue weighted by molar-refractivity contribution is 7.80. The Labute approximate surface area is 125 Å². The van der Waals surface area contributed by atoms with Crippen LogP contribution in [-0.4, -0.2) is 18.1 Å². The van der Waals surface area contributed by atoms with Crippen LogP contribution in [0.1, 0.15) is 38.2 Å². The zero-order valence-electron chi connectivity index (χ0n) is 11.5. The van der Waals surface area contributed by atoms with Crippen molar-refractivity contribution >= 4 is 34.5 Å². The lowest BCUT2D eigenvalue weighted by Crippen LogP contribution is -2.39. The normalized spacial score (nSPS) is 23.1. The van der Waals surface area contributed by atoms with E-state index in [2.05, 4.69) is 18.9 Å². The molecular formula is C15H21ClN2S. The number of anilines is 1. The first-order valence-electron chi connectivity index (χ1n) is 6.83. The van der Waals surface area contributed by atoms with Gasteiger partial charge >= 0.3 is 0 Å². The van der Waals surface area contributed by atoms with E-state index >= 15 is 0 Å². The van der Waals surface area contributed by atoms with E-state index in [0.717, 1.165) is 16.3 Å². The predicted molar refractivity (Wildman–Crippen MR) is 87.2 cm³/mol. The number of halogens is 1. The molecule has 2 rings (SSSR count). The summed E-state index contributed by atoms with van der Waals surface area (Å²) in [7, 11) is 2.12. The summed E-state index contributed by atoms with van der Waals surface area (Å²) in [4.78, 5) is 2.74.